The number of carbonyl (C=O) groups is 1. The lowest BCUT2D eigenvalue weighted by molar-refractivity contribution is -0.146. The van der Waals surface area contributed by atoms with Crippen LogP contribution in [0.15, 0.2) is 22.7 Å². The van der Waals surface area contributed by atoms with Crippen molar-refractivity contribution in [1.82, 2.24) is 10.3 Å². The molecule has 1 aliphatic rings. The van der Waals surface area contributed by atoms with Gasteiger partial charge in [-0.05, 0) is 31.0 Å². The van der Waals surface area contributed by atoms with Crippen LogP contribution >= 0.6 is 15.9 Å². The lowest BCUT2D eigenvalue weighted by Crippen LogP contribution is -2.36. The van der Waals surface area contributed by atoms with Gasteiger partial charge in [-0.1, -0.05) is 22.0 Å². The Morgan fingerprint density at radius 1 is 1.53 bits per heavy atom. The molecule has 2 N–H and O–H groups in total. The molecule has 0 saturated carbocycles. The first-order valence-electron chi connectivity index (χ1n) is 6.40. The normalized spacial score (nSPS) is 18.3. The minimum absolute atomic E-state index is 0.214. The van der Waals surface area contributed by atoms with E-state index in [1.807, 2.05) is 19.1 Å². The molecule has 2 aromatic rings. The Morgan fingerprint density at radius 2 is 2.37 bits per heavy atom. The third-order valence-electron chi connectivity index (χ3n) is 3.44. The summed E-state index contributed by atoms with van der Waals surface area (Å²) in [5, 5.41) is 4.41. The van der Waals surface area contributed by atoms with Gasteiger partial charge in [0.1, 0.15) is 6.04 Å². The molecule has 19 heavy (non-hydrogen) atoms. The van der Waals surface area contributed by atoms with Gasteiger partial charge in [0.2, 0.25) is 0 Å². The van der Waals surface area contributed by atoms with Gasteiger partial charge in [-0.2, -0.15) is 0 Å². The topological polar surface area (TPSA) is 54.1 Å². The molecular weight excluding hydrogens is 308 g/mol. The predicted molar refractivity (Wildman–Crippen MR) is 77.1 cm³/mol. The molecule has 0 fully saturated rings. The van der Waals surface area contributed by atoms with Gasteiger partial charge in [-0.3, -0.25) is 5.32 Å². The van der Waals surface area contributed by atoms with Crippen molar-refractivity contribution in [3.05, 3.63) is 33.9 Å². The molecule has 1 atom stereocenters. The summed E-state index contributed by atoms with van der Waals surface area (Å²) < 4.78 is 6.15. The minimum atomic E-state index is -0.380. The Labute approximate surface area is 119 Å². The van der Waals surface area contributed by atoms with Crippen molar-refractivity contribution in [1.29, 1.82) is 0 Å². The van der Waals surface area contributed by atoms with Crippen LogP contribution < -0.4 is 5.32 Å². The van der Waals surface area contributed by atoms with E-state index in [0.29, 0.717) is 6.61 Å². The van der Waals surface area contributed by atoms with E-state index < -0.39 is 0 Å². The highest BCUT2D eigenvalue weighted by atomic mass is 79.9. The van der Waals surface area contributed by atoms with Crippen LogP contribution in [0.1, 0.15) is 24.2 Å². The number of hydrogen-bond donors (Lipinski definition) is 2. The SMILES string of the molecule is CCOC(=O)C1NCCc2c1[nH]c1cc(Br)ccc21. The van der Waals surface area contributed by atoms with E-state index in [0.717, 1.165) is 28.6 Å². The lowest BCUT2D eigenvalue weighted by Gasteiger charge is -2.22. The van der Waals surface area contributed by atoms with Gasteiger partial charge in [0.05, 0.1) is 6.61 Å². The number of fused-ring (bicyclic) bond motifs is 3. The van der Waals surface area contributed by atoms with Crippen molar-refractivity contribution in [2.75, 3.05) is 13.2 Å². The molecule has 100 valence electrons. The van der Waals surface area contributed by atoms with Crippen molar-refractivity contribution < 1.29 is 9.53 Å². The van der Waals surface area contributed by atoms with Crippen molar-refractivity contribution in [2.24, 2.45) is 0 Å². The number of rotatable bonds is 2. The van der Waals surface area contributed by atoms with E-state index in [-0.39, 0.29) is 12.0 Å². The number of aromatic nitrogens is 1. The second-order valence-electron chi connectivity index (χ2n) is 4.60. The number of halogens is 1. The Hall–Kier alpha value is -1.33. The van der Waals surface area contributed by atoms with Crippen LogP contribution in [-0.4, -0.2) is 24.1 Å². The molecule has 1 unspecified atom stereocenters. The van der Waals surface area contributed by atoms with Gasteiger partial charge < -0.3 is 9.72 Å². The summed E-state index contributed by atoms with van der Waals surface area (Å²) in [5.41, 5.74) is 3.22. The second kappa shape index (κ2) is 4.98. The van der Waals surface area contributed by atoms with Crippen LogP contribution in [0.2, 0.25) is 0 Å². The van der Waals surface area contributed by atoms with Gasteiger partial charge in [-0.15, -0.1) is 0 Å². The maximum absolute atomic E-state index is 12.0. The highest BCUT2D eigenvalue weighted by molar-refractivity contribution is 9.10. The predicted octanol–water partition coefficient (Wildman–Crippen LogP) is 2.68. The first-order valence-corrected chi connectivity index (χ1v) is 7.20. The summed E-state index contributed by atoms with van der Waals surface area (Å²) >= 11 is 3.47. The number of benzene rings is 1. The van der Waals surface area contributed by atoms with Crippen molar-refractivity contribution in [3.8, 4) is 0 Å². The zero-order valence-corrected chi connectivity index (χ0v) is 12.2. The summed E-state index contributed by atoms with van der Waals surface area (Å²) in [6.07, 6.45) is 0.923. The van der Waals surface area contributed by atoms with Crippen molar-refractivity contribution in [2.45, 2.75) is 19.4 Å². The van der Waals surface area contributed by atoms with Crippen molar-refractivity contribution >= 4 is 32.8 Å². The number of ether oxygens (including phenoxy) is 1. The summed E-state index contributed by atoms with van der Waals surface area (Å²) in [4.78, 5) is 15.3. The standard InChI is InChI=1S/C14H15BrN2O2/c1-2-19-14(18)13-12-10(5-6-16-13)9-4-3-8(15)7-11(9)17-12/h3-4,7,13,16-17H,2,5-6H2,1H3. The van der Waals surface area contributed by atoms with Crippen molar-refractivity contribution in [3.63, 3.8) is 0 Å². The lowest BCUT2D eigenvalue weighted by atomic mass is 9.99. The molecule has 1 aromatic carbocycles. The first kappa shape index (κ1) is 12.7. The Bertz CT molecular complexity index is 636. The molecule has 0 radical (unpaired) electrons. The Kier molecular flexibility index (Phi) is 3.33. The molecule has 1 aliphatic heterocycles. The zero-order valence-electron chi connectivity index (χ0n) is 10.6. The summed E-state index contributed by atoms with van der Waals surface area (Å²) in [5.74, 6) is -0.214. The molecule has 0 amide bonds. The number of carbonyl (C=O) groups excluding carboxylic acids is 1. The molecule has 0 saturated heterocycles. The second-order valence-corrected chi connectivity index (χ2v) is 5.51. The fourth-order valence-electron chi connectivity index (χ4n) is 2.63. The number of nitrogens with one attached hydrogen (secondary N) is 2. The zero-order chi connectivity index (χ0) is 13.4. The third-order valence-corrected chi connectivity index (χ3v) is 3.93. The van der Waals surface area contributed by atoms with E-state index >= 15 is 0 Å². The highest BCUT2D eigenvalue weighted by Gasteiger charge is 2.30. The van der Waals surface area contributed by atoms with Crippen LogP contribution in [0.3, 0.4) is 0 Å². The minimum Gasteiger partial charge on any atom is -0.465 e. The van der Waals surface area contributed by atoms with E-state index in [1.54, 1.807) is 0 Å². The molecular formula is C14H15BrN2O2. The largest absolute Gasteiger partial charge is 0.465 e. The summed E-state index contributed by atoms with van der Waals surface area (Å²) in [7, 11) is 0. The van der Waals surface area contributed by atoms with E-state index in [2.05, 4.69) is 32.3 Å². The fourth-order valence-corrected chi connectivity index (χ4v) is 3.00. The number of aromatic amines is 1. The molecule has 4 nitrogen and oxygen atoms in total. The molecule has 2 heterocycles. The van der Waals surface area contributed by atoms with Gasteiger partial charge in [0, 0.05) is 27.6 Å². The van der Waals surface area contributed by atoms with Gasteiger partial charge >= 0.3 is 5.97 Å². The van der Waals surface area contributed by atoms with E-state index in [9.17, 15) is 4.79 Å². The first-order chi connectivity index (χ1) is 9.20. The molecule has 0 spiro atoms. The molecule has 0 aliphatic carbocycles. The van der Waals surface area contributed by atoms with E-state index in [4.69, 9.17) is 4.74 Å². The maximum atomic E-state index is 12.0. The summed E-state index contributed by atoms with van der Waals surface area (Å²) in [6.45, 7) is 3.02. The van der Waals surface area contributed by atoms with Crippen LogP contribution in [0.25, 0.3) is 10.9 Å². The molecule has 3 rings (SSSR count). The average molecular weight is 323 g/mol. The van der Waals surface area contributed by atoms with Gasteiger partial charge in [0.25, 0.3) is 0 Å². The quantitative estimate of drug-likeness (QED) is 0.836. The average Bonchev–Trinajstić information content (AvgIpc) is 2.75. The number of hydrogen-bond acceptors (Lipinski definition) is 3. The summed E-state index contributed by atoms with van der Waals surface area (Å²) in [6, 6.07) is 5.77. The Morgan fingerprint density at radius 3 is 3.16 bits per heavy atom. The van der Waals surface area contributed by atoms with E-state index in [1.165, 1.54) is 10.9 Å². The van der Waals surface area contributed by atoms with Gasteiger partial charge in [-0.25, -0.2) is 4.79 Å². The van der Waals surface area contributed by atoms with Crippen LogP contribution in [-0.2, 0) is 16.0 Å². The number of esters is 1. The maximum Gasteiger partial charge on any atom is 0.329 e. The highest BCUT2D eigenvalue weighted by Crippen LogP contribution is 2.31. The van der Waals surface area contributed by atoms with Crippen LogP contribution in [0.5, 0.6) is 0 Å². The third kappa shape index (κ3) is 2.17. The fraction of sp³-hybridized carbons (Fsp3) is 0.357. The number of H-pyrrole nitrogens is 1. The Balaban J connectivity index is 2.09. The van der Waals surface area contributed by atoms with Crippen LogP contribution in [0, 0.1) is 0 Å². The molecule has 0 bridgehead atoms. The molecule has 1 aromatic heterocycles. The van der Waals surface area contributed by atoms with Gasteiger partial charge in [0.15, 0.2) is 0 Å². The smallest absolute Gasteiger partial charge is 0.329 e. The molecule has 5 heteroatoms. The van der Waals surface area contributed by atoms with Crippen LogP contribution in [0.4, 0.5) is 0 Å². The monoisotopic (exact) mass is 322 g/mol.